The van der Waals surface area contributed by atoms with Crippen LogP contribution in [0.15, 0.2) is 29.6 Å². The average molecular weight is 429 g/mol. The molecule has 3 rings (SSSR count). The minimum atomic E-state index is 0.0438. The number of nitrogens with zero attached hydrogens (tertiary/aromatic N) is 3. The number of aryl methyl sites for hydroxylation is 1. The summed E-state index contributed by atoms with van der Waals surface area (Å²) < 4.78 is 0. The maximum absolute atomic E-state index is 12.7. The summed E-state index contributed by atoms with van der Waals surface area (Å²) in [5.74, 6) is 0.268. The third-order valence-corrected chi connectivity index (χ3v) is 6.53. The van der Waals surface area contributed by atoms with Crippen LogP contribution >= 0.6 is 11.3 Å². The number of rotatable bonds is 8. The van der Waals surface area contributed by atoms with Gasteiger partial charge < -0.3 is 10.2 Å². The molecule has 0 atom stereocenters. The van der Waals surface area contributed by atoms with Gasteiger partial charge in [-0.05, 0) is 64.4 Å². The SMILES string of the molecule is CCN(CC)C(=O)Cc1ccc(NC(=O)C2CCN(Cc3csc(C)n3)CC2)cc1. The van der Waals surface area contributed by atoms with E-state index in [0.29, 0.717) is 6.42 Å². The van der Waals surface area contributed by atoms with Crippen LogP contribution in [0.5, 0.6) is 0 Å². The number of hydrogen-bond donors (Lipinski definition) is 1. The van der Waals surface area contributed by atoms with Crippen LogP contribution in [0.1, 0.15) is 43.0 Å². The van der Waals surface area contributed by atoms with Crippen LogP contribution in [0, 0.1) is 12.8 Å². The van der Waals surface area contributed by atoms with Crippen molar-refractivity contribution in [1.82, 2.24) is 14.8 Å². The molecule has 0 aliphatic carbocycles. The van der Waals surface area contributed by atoms with Crippen LogP contribution in [0.3, 0.4) is 0 Å². The molecular formula is C23H32N4O2S. The summed E-state index contributed by atoms with van der Waals surface area (Å²) in [5.41, 5.74) is 2.88. The highest BCUT2D eigenvalue weighted by molar-refractivity contribution is 7.09. The number of amides is 2. The fraction of sp³-hybridized carbons (Fsp3) is 0.522. The zero-order chi connectivity index (χ0) is 21.5. The maximum atomic E-state index is 12.7. The molecule has 1 aliphatic heterocycles. The lowest BCUT2D eigenvalue weighted by molar-refractivity contribution is -0.130. The summed E-state index contributed by atoms with van der Waals surface area (Å²) in [4.78, 5) is 33.6. The number of piperidine rings is 1. The number of hydrogen-bond acceptors (Lipinski definition) is 5. The maximum Gasteiger partial charge on any atom is 0.227 e. The molecule has 0 spiro atoms. The normalized spacial score (nSPS) is 15.2. The van der Waals surface area contributed by atoms with Crippen molar-refractivity contribution in [3.8, 4) is 0 Å². The van der Waals surface area contributed by atoms with E-state index in [0.717, 1.165) is 67.5 Å². The summed E-state index contributed by atoms with van der Waals surface area (Å²) in [5, 5.41) is 6.26. The largest absolute Gasteiger partial charge is 0.343 e. The number of anilines is 1. The average Bonchev–Trinajstić information content (AvgIpc) is 3.15. The van der Waals surface area contributed by atoms with E-state index in [2.05, 4.69) is 20.6 Å². The van der Waals surface area contributed by atoms with Crippen molar-refractivity contribution in [3.05, 3.63) is 45.9 Å². The van der Waals surface area contributed by atoms with Gasteiger partial charge in [-0.15, -0.1) is 11.3 Å². The molecule has 1 saturated heterocycles. The van der Waals surface area contributed by atoms with Gasteiger partial charge in [0.1, 0.15) is 0 Å². The summed E-state index contributed by atoms with van der Waals surface area (Å²) in [6, 6.07) is 7.63. The first kappa shape index (κ1) is 22.4. The Balaban J connectivity index is 1.45. The molecule has 1 aromatic carbocycles. The highest BCUT2D eigenvalue weighted by Gasteiger charge is 2.25. The predicted octanol–water partition coefficient (Wildman–Crippen LogP) is 3.71. The molecule has 30 heavy (non-hydrogen) atoms. The monoisotopic (exact) mass is 428 g/mol. The first-order valence-electron chi connectivity index (χ1n) is 10.8. The second kappa shape index (κ2) is 10.7. The van der Waals surface area contributed by atoms with Gasteiger partial charge in [0.05, 0.1) is 17.1 Å². The lowest BCUT2D eigenvalue weighted by Crippen LogP contribution is -2.37. The van der Waals surface area contributed by atoms with Crippen LogP contribution in [-0.4, -0.2) is 52.8 Å². The molecule has 2 amide bonds. The van der Waals surface area contributed by atoms with Gasteiger partial charge in [-0.25, -0.2) is 4.98 Å². The molecule has 1 aromatic heterocycles. The standard InChI is InChI=1S/C23H32N4O2S/c1-4-27(5-2)22(28)14-18-6-8-20(9-7-18)25-23(29)19-10-12-26(13-11-19)15-21-16-30-17(3)24-21/h6-9,16,19H,4-5,10-15H2,1-3H3,(H,25,29). The molecule has 0 unspecified atom stereocenters. The Labute approximate surface area is 183 Å². The second-order valence-corrected chi connectivity index (χ2v) is 8.90. The van der Waals surface area contributed by atoms with Crippen molar-refractivity contribution in [2.45, 2.75) is 46.6 Å². The van der Waals surface area contributed by atoms with Crippen molar-refractivity contribution < 1.29 is 9.59 Å². The molecule has 0 saturated carbocycles. The van der Waals surface area contributed by atoms with Crippen molar-refractivity contribution in [2.75, 3.05) is 31.5 Å². The van der Waals surface area contributed by atoms with E-state index < -0.39 is 0 Å². The quantitative estimate of drug-likeness (QED) is 0.696. The van der Waals surface area contributed by atoms with Gasteiger partial charge >= 0.3 is 0 Å². The Bertz CT molecular complexity index is 837. The van der Waals surface area contributed by atoms with E-state index >= 15 is 0 Å². The van der Waals surface area contributed by atoms with E-state index in [4.69, 9.17) is 0 Å². The van der Waals surface area contributed by atoms with Crippen molar-refractivity contribution in [2.24, 2.45) is 5.92 Å². The van der Waals surface area contributed by atoms with Crippen LogP contribution in [0.4, 0.5) is 5.69 Å². The number of benzene rings is 1. The van der Waals surface area contributed by atoms with Gasteiger partial charge in [-0.3, -0.25) is 14.5 Å². The molecule has 162 valence electrons. The molecule has 1 aliphatic rings. The smallest absolute Gasteiger partial charge is 0.227 e. The Morgan fingerprint density at radius 1 is 1.17 bits per heavy atom. The molecule has 2 aromatic rings. The molecule has 0 bridgehead atoms. The fourth-order valence-electron chi connectivity index (χ4n) is 3.88. The molecule has 1 fully saturated rings. The number of aromatic nitrogens is 1. The van der Waals surface area contributed by atoms with Gasteiger partial charge in [-0.2, -0.15) is 0 Å². The van der Waals surface area contributed by atoms with E-state index in [9.17, 15) is 9.59 Å². The van der Waals surface area contributed by atoms with Crippen molar-refractivity contribution in [1.29, 1.82) is 0 Å². The number of likely N-dealkylation sites (N-methyl/N-ethyl adjacent to an activating group) is 1. The van der Waals surface area contributed by atoms with Crippen molar-refractivity contribution >= 4 is 28.8 Å². The molecule has 6 nitrogen and oxygen atoms in total. The van der Waals surface area contributed by atoms with Crippen LogP contribution in [-0.2, 0) is 22.6 Å². The number of thiazole rings is 1. The zero-order valence-corrected chi connectivity index (χ0v) is 19.0. The zero-order valence-electron chi connectivity index (χ0n) is 18.2. The van der Waals surface area contributed by atoms with Gasteiger partial charge in [0, 0.05) is 36.6 Å². The Kier molecular flexibility index (Phi) is 7.99. The van der Waals surface area contributed by atoms with E-state index in [1.54, 1.807) is 11.3 Å². The van der Waals surface area contributed by atoms with Crippen LogP contribution < -0.4 is 5.32 Å². The van der Waals surface area contributed by atoms with E-state index in [1.165, 1.54) is 0 Å². The van der Waals surface area contributed by atoms with Gasteiger partial charge in [0.25, 0.3) is 0 Å². The lowest BCUT2D eigenvalue weighted by Gasteiger charge is -2.30. The summed E-state index contributed by atoms with van der Waals surface area (Å²) >= 11 is 1.68. The number of carbonyl (C=O) groups excluding carboxylic acids is 2. The molecule has 0 radical (unpaired) electrons. The minimum absolute atomic E-state index is 0.0438. The molecule has 7 heteroatoms. The lowest BCUT2D eigenvalue weighted by atomic mass is 9.95. The Morgan fingerprint density at radius 2 is 1.83 bits per heavy atom. The van der Waals surface area contributed by atoms with E-state index in [1.807, 2.05) is 49.9 Å². The third-order valence-electron chi connectivity index (χ3n) is 5.70. The van der Waals surface area contributed by atoms with Gasteiger partial charge in [0.15, 0.2) is 0 Å². The predicted molar refractivity (Wildman–Crippen MR) is 122 cm³/mol. The Morgan fingerprint density at radius 3 is 2.40 bits per heavy atom. The minimum Gasteiger partial charge on any atom is -0.343 e. The first-order valence-corrected chi connectivity index (χ1v) is 11.7. The van der Waals surface area contributed by atoms with Gasteiger partial charge in [-0.1, -0.05) is 12.1 Å². The Hall–Kier alpha value is -2.25. The molecular weight excluding hydrogens is 396 g/mol. The second-order valence-electron chi connectivity index (χ2n) is 7.84. The first-order chi connectivity index (χ1) is 14.5. The highest BCUT2D eigenvalue weighted by Crippen LogP contribution is 2.22. The fourth-order valence-corrected chi connectivity index (χ4v) is 4.48. The number of nitrogens with one attached hydrogen (secondary N) is 1. The number of carbonyl (C=O) groups is 2. The highest BCUT2D eigenvalue weighted by atomic mass is 32.1. The van der Waals surface area contributed by atoms with Crippen molar-refractivity contribution in [3.63, 3.8) is 0 Å². The molecule has 2 heterocycles. The topological polar surface area (TPSA) is 65.5 Å². The summed E-state index contributed by atoms with van der Waals surface area (Å²) in [6.07, 6.45) is 2.13. The van der Waals surface area contributed by atoms with Gasteiger partial charge in [0.2, 0.25) is 11.8 Å². The van der Waals surface area contributed by atoms with Crippen LogP contribution in [0.25, 0.3) is 0 Å². The summed E-state index contributed by atoms with van der Waals surface area (Å²) in [6.45, 7) is 10.2. The molecule has 1 N–H and O–H groups in total. The van der Waals surface area contributed by atoms with Crippen LogP contribution in [0.2, 0.25) is 0 Å². The third kappa shape index (κ3) is 6.12. The number of likely N-dealkylation sites (tertiary alicyclic amines) is 1. The van der Waals surface area contributed by atoms with E-state index in [-0.39, 0.29) is 17.7 Å². The summed E-state index contributed by atoms with van der Waals surface area (Å²) in [7, 11) is 0.